The number of amides is 1. The quantitative estimate of drug-likeness (QED) is 0.747. The minimum atomic E-state index is -0.409. The number of nitrogens with zero attached hydrogens (tertiary/aromatic N) is 1. The van der Waals surface area contributed by atoms with E-state index < -0.39 is 5.82 Å². The monoisotopic (exact) mass is 257 g/mol. The fourth-order valence-corrected chi connectivity index (χ4v) is 3.13. The molecule has 1 atom stereocenters. The zero-order chi connectivity index (χ0) is 13.1. The number of halogens is 1. The minimum absolute atomic E-state index is 0.346. The summed E-state index contributed by atoms with van der Waals surface area (Å²) in [4.78, 5) is 15.3. The van der Waals surface area contributed by atoms with Crippen LogP contribution in [-0.2, 0) is 6.42 Å². The molecule has 1 unspecified atom stereocenters. The van der Waals surface area contributed by atoms with Gasteiger partial charge in [-0.3, -0.25) is 4.79 Å². The minimum Gasteiger partial charge on any atom is -0.358 e. The van der Waals surface area contributed by atoms with Crippen LogP contribution in [0.25, 0.3) is 10.9 Å². The number of nitrogens with one attached hydrogen (secondary N) is 2. The third kappa shape index (κ3) is 1.38. The normalized spacial score (nSPS) is 21.1. The summed E-state index contributed by atoms with van der Waals surface area (Å²) in [6.45, 7) is 2.14. The van der Waals surface area contributed by atoms with Crippen LogP contribution >= 0.6 is 0 Å². The first-order valence-electron chi connectivity index (χ1n) is 6.35. The zero-order valence-corrected chi connectivity index (χ0v) is 10.4. The number of hydrogen-bond acceptors (Lipinski definition) is 2. The number of hydrogen-bond donors (Lipinski definition) is 2. The van der Waals surface area contributed by atoms with E-state index in [2.05, 4.69) is 22.4 Å². The molecule has 0 spiro atoms. The van der Waals surface area contributed by atoms with Crippen LogP contribution in [0.5, 0.6) is 0 Å². The molecule has 2 aliphatic rings. The molecule has 0 saturated heterocycles. The summed E-state index contributed by atoms with van der Waals surface area (Å²) < 4.78 is 13.6. The molecule has 1 aromatic carbocycles. The third-order valence-corrected chi connectivity index (χ3v) is 3.86. The highest BCUT2D eigenvalue weighted by molar-refractivity contribution is 6.20. The van der Waals surface area contributed by atoms with E-state index in [0.717, 1.165) is 35.2 Å². The van der Waals surface area contributed by atoms with Crippen LogP contribution in [0, 0.1) is 11.7 Å². The molecule has 19 heavy (non-hydrogen) atoms. The van der Waals surface area contributed by atoms with E-state index in [1.54, 1.807) is 0 Å². The van der Waals surface area contributed by atoms with Crippen molar-refractivity contribution in [3.63, 3.8) is 0 Å². The summed E-state index contributed by atoms with van der Waals surface area (Å²) in [6.07, 6.45) is 1.73. The van der Waals surface area contributed by atoms with Gasteiger partial charge in [-0.05, 0) is 30.9 Å². The van der Waals surface area contributed by atoms with Crippen LogP contribution in [0.15, 0.2) is 17.2 Å². The fourth-order valence-electron chi connectivity index (χ4n) is 3.13. The maximum absolute atomic E-state index is 13.6. The van der Waals surface area contributed by atoms with Crippen LogP contribution in [0.4, 0.5) is 4.39 Å². The summed E-state index contributed by atoms with van der Waals surface area (Å²) in [5.41, 5.74) is 6.48. The molecular weight excluding hydrogens is 245 g/mol. The Bertz CT molecular complexity index is 760. The van der Waals surface area contributed by atoms with Gasteiger partial charge in [-0.25, -0.2) is 9.82 Å². The molecule has 4 nitrogen and oxygen atoms in total. The Hall–Kier alpha value is -2.17. The van der Waals surface area contributed by atoms with Crippen molar-refractivity contribution >= 4 is 22.5 Å². The van der Waals surface area contributed by atoms with Crippen LogP contribution in [-0.4, -0.2) is 16.6 Å². The zero-order valence-electron chi connectivity index (χ0n) is 10.4. The van der Waals surface area contributed by atoms with Gasteiger partial charge in [0, 0.05) is 16.6 Å². The lowest BCUT2D eigenvalue weighted by Crippen LogP contribution is -2.21. The lowest BCUT2D eigenvalue weighted by Gasteiger charge is -2.19. The second kappa shape index (κ2) is 3.44. The molecule has 2 heterocycles. The van der Waals surface area contributed by atoms with Crippen molar-refractivity contribution in [3.05, 3.63) is 34.8 Å². The first-order valence-corrected chi connectivity index (χ1v) is 6.35. The summed E-state index contributed by atoms with van der Waals surface area (Å²) in [7, 11) is 0. The van der Waals surface area contributed by atoms with Gasteiger partial charge in [-0.15, -0.1) is 0 Å². The highest BCUT2D eigenvalue weighted by Crippen LogP contribution is 2.35. The van der Waals surface area contributed by atoms with E-state index in [-0.39, 0.29) is 5.91 Å². The van der Waals surface area contributed by atoms with Crippen LogP contribution in [0.1, 0.15) is 35.0 Å². The van der Waals surface area contributed by atoms with Crippen molar-refractivity contribution in [2.24, 2.45) is 11.0 Å². The van der Waals surface area contributed by atoms with Crippen molar-refractivity contribution in [1.29, 1.82) is 0 Å². The summed E-state index contributed by atoms with van der Waals surface area (Å²) >= 11 is 0. The van der Waals surface area contributed by atoms with E-state index in [9.17, 15) is 9.18 Å². The smallest absolute Gasteiger partial charge is 0.272 e. The van der Waals surface area contributed by atoms with Gasteiger partial charge in [-0.1, -0.05) is 6.92 Å². The van der Waals surface area contributed by atoms with Gasteiger partial charge in [0.15, 0.2) is 0 Å². The van der Waals surface area contributed by atoms with Gasteiger partial charge in [0.1, 0.15) is 5.82 Å². The number of aromatic nitrogens is 1. The number of benzene rings is 1. The molecule has 4 rings (SSSR count). The van der Waals surface area contributed by atoms with Gasteiger partial charge < -0.3 is 4.98 Å². The fraction of sp³-hybridized carbons (Fsp3) is 0.286. The lowest BCUT2D eigenvalue weighted by atomic mass is 9.86. The first-order chi connectivity index (χ1) is 9.13. The lowest BCUT2D eigenvalue weighted by molar-refractivity contribution is 0.0956. The largest absolute Gasteiger partial charge is 0.358 e. The second-order valence-corrected chi connectivity index (χ2v) is 5.37. The Morgan fingerprint density at radius 3 is 3.05 bits per heavy atom. The van der Waals surface area contributed by atoms with Crippen molar-refractivity contribution in [3.8, 4) is 0 Å². The van der Waals surface area contributed by atoms with Gasteiger partial charge >= 0.3 is 0 Å². The summed E-state index contributed by atoms with van der Waals surface area (Å²) in [6, 6.07) is 2.72. The Balaban J connectivity index is 2.17. The third-order valence-electron chi connectivity index (χ3n) is 3.86. The Kier molecular flexibility index (Phi) is 1.94. The van der Waals surface area contributed by atoms with E-state index >= 15 is 0 Å². The standard InChI is InChI=1S/C14H12FN3O/c1-6-2-9-13-11(3-6)17-18-14(19)8-4-7(15)5-10(16-9)12(8)13/h4-6,16H,2-3H2,1H3,(H,18,19). The van der Waals surface area contributed by atoms with Gasteiger partial charge in [0.25, 0.3) is 5.91 Å². The molecular formula is C14H12FN3O. The predicted octanol–water partition coefficient (Wildman–Crippen LogP) is 2.34. The van der Waals surface area contributed by atoms with Crippen molar-refractivity contribution < 1.29 is 9.18 Å². The highest BCUT2D eigenvalue weighted by Gasteiger charge is 2.30. The topological polar surface area (TPSA) is 57.2 Å². The number of rotatable bonds is 0. The first kappa shape index (κ1) is 10.7. The molecule has 5 heteroatoms. The van der Waals surface area contributed by atoms with Gasteiger partial charge in [0.2, 0.25) is 0 Å². The molecule has 0 fully saturated rings. The summed E-state index contributed by atoms with van der Waals surface area (Å²) in [5, 5.41) is 5.00. The molecule has 1 aliphatic carbocycles. The van der Waals surface area contributed by atoms with E-state index in [1.807, 2.05) is 0 Å². The number of H-pyrrole nitrogens is 1. The molecule has 0 radical (unpaired) electrons. The molecule has 0 saturated carbocycles. The Morgan fingerprint density at radius 2 is 2.21 bits per heavy atom. The molecule has 1 amide bonds. The average Bonchev–Trinajstić information content (AvgIpc) is 2.64. The Morgan fingerprint density at radius 1 is 1.37 bits per heavy atom. The van der Waals surface area contributed by atoms with Crippen molar-refractivity contribution in [1.82, 2.24) is 10.4 Å². The van der Waals surface area contributed by atoms with Crippen LogP contribution in [0.2, 0.25) is 0 Å². The maximum atomic E-state index is 13.6. The molecule has 96 valence electrons. The van der Waals surface area contributed by atoms with Crippen molar-refractivity contribution in [2.45, 2.75) is 19.8 Å². The average molecular weight is 257 g/mol. The maximum Gasteiger partial charge on any atom is 0.272 e. The van der Waals surface area contributed by atoms with Crippen molar-refractivity contribution in [2.75, 3.05) is 0 Å². The number of hydrazone groups is 1. The van der Waals surface area contributed by atoms with Gasteiger partial charge in [0.05, 0.1) is 16.8 Å². The second-order valence-electron chi connectivity index (χ2n) is 5.37. The molecule has 1 aliphatic heterocycles. The molecule has 0 bridgehead atoms. The van der Waals surface area contributed by atoms with Crippen LogP contribution in [0.3, 0.4) is 0 Å². The van der Waals surface area contributed by atoms with Gasteiger partial charge in [-0.2, -0.15) is 5.10 Å². The Labute approximate surface area is 108 Å². The van der Waals surface area contributed by atoms with E-state index in [4.69, 9.17) is 0 Å². The molecule has 2 aromatic rings. The summed E-state index contributed by atoms with van der Waals surface area (Å²) in [5.74, 6) is -0.295. The number of aromatic amines is 1. The number of carbonyl (C=O) groups excluding carboxylic acids is 1. The SMILES string of the molecule is CC1CC2=NNC(=O)c3cc(F)cc4[nH]c(c2c34)C1. The molecule has 1 aromatic heterocycles. The molecule has 2 N–H and O–H groups in total. The van der Waals surface area contributed by atoms with E-state index in [1.165, 1.54) is 12.1 Å². The van der Waals surface area contributed by atoms with Crippen LogP contribution < -0.4 is 5.43 Å². The number of carbonyl (C=O) groups is 1. The predicted molar refractivity (Wildman–Crippen MR) is 69.7 cm³/mol. The van der Waals surface area contributed by atoms with E-state index in [0.29, 0.717) is 17.0 Å². The highest BCUT2D eigenvalue weighted by atomic mass is 19.1.